The Labute approximate surface area is 149 Å². The zero-order chi connectivity index (χ0) is 18.2. The minimum atomic E-state index is -0.606. The summed E-state index contributed by atoms with van der Waals surface area (Å²) < 4.78 is 5.11. The van der Waals surface area contributed by atoms with E-state index in [4.69, 9.17) is 16.3 Å². The summed E-state index contributed by atoms with van der Waals surface area (Å²) in [7, 11) is 1.48. The summed E-state index contributed by atoms with van der Waals surface area (Å²) in [4.78, 5) is 23.6. The maximum absolute atomic E-state index is 11.9. The summed E-state index contributed by atoms with van der Waals surface area (Å²) in [5, 5.41) is 16.3. The Morgan fingerprint density at radius 1 is 1.24 bits per heavy atom. The van der Waals surface area contributed by atoms with Crippen LogP contribution in [0.3, 0.4) is 0 Å². The molecular formula is C17H16ClN3O4. The van der Waals surface area contributed by atoms with Crippen molar-refractivity contribution in [3.8, 4) is 11.5 Å². The van der Waals surface area contributed by atoms with Crippen molar-refractivity contribution in [1.29, 1.82) is 0 Å². The third-order valence-corrected chi connectivity index (χ3v) is 3.32. The van der Waals surface area contributed by atoms with Crippen LogP contribution in [0.15, 0.2) is 47.6 Å². The predicted octanol–water partition coefficient (Wildman–Crippen LogP) is 2.53. The molecule has 2 rings (SSSR count). The van der Waals surface area contributed by atoms with Crippen LogP contribution in [0.5, 0.6) is 11.5 Å². The third-order valence-electron chi connectivity index (χ3n) is 3.08. The number of carbonyl (C=O) groups is 2. The lowest BCUT2D eigenvalue weighted by Gasteiger charge is -2.09. The standard InChI is InChI=1S/C17H16ClN3O4/c1-25-15-5-3-2-4-13(15)20-16(23)9-17(24)21-19-10-11-8-12(18)6-7-14(11)22/h2-8,10,22H,9H2,1H3,(H,20,23)(H,21,24)/b19-10+. The van der Waals surface area contributed by atoms with Crippen LogP contribution < -0.4 is 15.5 Å². The Morgan fingerprint density at radius 2 is 2.00 bits per heavy atom. The molecule has 0 fully saturated rings. The second-order valence-corrected chi connectivity index (χ2v) is 5.36. The van der Waals surface area contributed by atoms with E-state index in [1.165, 1.54) is 31.5 Å². The van der Waals surface area contributed by atoms with Crippen molar-refractivity contribution >= 4 is 35.3 Å². The number of hydrogen-bond donors (Lipinski definition) is 3. The quantitative estimate of drug-likeness (QED) is 0.418. The zero-order valence-corrected chi connectivity index (χ0v) is 14.1. The highest BCUT2D eigenvalue weighted by Crippen LogP contribution is 2.23. The summed E-state index contributed by atoms with van der Waals surface area (Å²) in [6.45, 7) is 0. The fraction of sp³-hybridized carbons (Fsp3) is 0.118. The van der Waals surface area contributed by atoms with E-state index < -0.39 is 18.2 Å². The lowest BCUT2D eigenvalue weighted by atomic mass is 10.2. The smallest absolute Gasteiger partial charge is 0.249 e. The lowest BCUT2D eigenvalue weighted by Crippen LogP contribution is -2.24. The van der Waals surface area contributed by atoms with E-state index in [-0.39, 0.29) is 5.75 Å². The molecule has 0 radical (unpaired) electrons. The lowest BCUT2D eigenvalue weighted by molar-refractivity contribution is -0.126. The second kappa shape index (κ2) is 8.70. The number of phenols is 1. The summed E-state index contributed by atoms with van der Waals surface area (Å²) in [5.74, 6) is -0.657. The number of carbonyl (C=O) groups excluding carboxylic acids is 2. The van der Waals surface area contributed by atoms with Gasteiger partial charge >= 0.3 is 0 Å². The van der Waals surface area contributed by atoms with Gasteiger partial charge in [0.05, 0.1) is 19.0 Å². The Balaban J connectivity index is 1.88. The second-order valence-electron chi connectivity index (χ2n) is 4.92. The van der Waals surface area contributed by atoms with E-state index in [1.54, 1.807) is 24.3 Å². The Morgan fingerprint density at radius 3 is 2.76 bits per heavy atom. The zero-order valence-electron chi connectivity index (χ0n) is 13.3. The van der Waals surface area contributed by atoms with E-state index in [0.29, 0.717) is 22.0 Å². The minimum Gasteiger partial charge on any atom is -0.507 e. The van der Waals surface area contributed by atoms with Gasteiger partial charge in [0.2, 0.25) is 11.8 Å². The predicted molar refractivity (Wildman–Crippen MR) is 95.1 cm³/mol. The first-order chi connectivity index (χ1) is 12.0. The highest BCUT2D eigenvalue weighted by Gasteiger charge is 2.11. The van der Waals surface area contributed by atoms with E-state index in [1.807, 2.05) is 0 Å². The highest BCUT2D eigenvalue weighted by molar-refractivity contribution is 6.30. The molecule has 0 bridgehead atoms. The monoisotopic (exact) mass is 361 g/mol. The summed E-state index contributed by atoms with van der Waals surface area (Å²) in [5.41, 5.74) is 3.01. The molecule has 0 unspecified atom stereocenters. The maximum atomic E-state index is 11.9. The van der Waals surface area contributed by atoms with Gasteiger partial charge in [-0.25, -0.2) is 5.43 Å². The van der Waals surface area contributed by atoms with Gasteiger partial charge in [-0.15, -0.1) is 0 Å². The number of hydrogen-bond acceptors (Lipinski definition) is 5. The maximum Gasteiger partial charge on any atom is 0.249 e. The SMILES string of the molecule is COc1ccccc1NC(=O)CC(=O)N/N=C/c1cc(Cl)ccc1O. The molecule has 0 aliphatic heterocycles. The topological polar surface area (TPSA) is 100 Å². The van der Waals surface area contributed by atoms with Crippen LogP contribution in [0.2, 0.25) is 5.02 Å². The average Bonchev–Trinajstić information content (AvgIpc) is 2.58. The van der Waals surface area contributed by atoms with Crippen molar-refractivity contribution in [2.75, 3.05) is 12.4 Å². The van der Waals surface area contributed by atoms with E-state index in [2.05, 4.69) is 15.8 Å². The molecule has 2 aromatic rings. The van der Waals surface area contributed by atoms with Gasteiger partial charge in [0.1, 0.15) is 17.9 Å². The fourth-order valence-corrected chi connectivity index (χ4v) is 2.11. The van der Waals surface area contributed by atoms with Crippen molar-refractivity contribution in [1.82, 2.24) is 5.43 Å². The van der Waals surface area contributed by atoms with E-state index >= 15 is 0 Å². The number of ether oxygens (including phenoxy) is 1. The molecule has 25 heavy (non-hydrogen) atoms. The van der Waals surface area contributed by atoms with Crippen LogP contribution in [0.4, 0.5) is 5.69 Å². The molecule has 0 atom stereocenters. The van der Waals surface area contributed by atoms with Gasteiger partial charge in [0.25, 0.3) is 0 Å². The summed E-state index contributed by atoms with van der Waals surface area (Å²) in [6, 6.07) is 11.3. The van der Waals surface area contributed by atoms with Crippen LogP contribution in [0.25, 0.3) is 0 Å². The van der Waals surface area contributed by atoms with Gasteiger partial charge in [0, 0.05) is 10.6 Å². The molecule has 8 heteroatoms. The van der Waals surface area contributed by atoms with Crippen LogP contribution >= 0.6 is 11.6 Å². The number of halogens is 1. The Hall–Kier alpha value is -3.06. The summed E-state index contributed by atoms with van der Waals surface area (Å²) in [6.07, 6.45) is 0.814. The van der Waals surface area contributed by atoms with Crippen molar-refractivity contribution in [2.45, 2.75) is 6.42 Å². The van der Waals surface area contributed by atoms with Gasteiger partial charge in [-0.1, -0.05) is 23.7 Å². The van der Waals surface area contributed by atoms with Crippen LogP contribution in [0, 0.1) is 0 Å². The van der Waals surface area contributed by atoms with Crippen molar-refractivity contribution in [3.63, 3.8) is 0 Å². The molecule has 130 valence electrons. The molecule has 0 spiro atoms. The van der Waals surface area contributed by atoms with Crippen molar-refractivity contribution in [3.05, 3.63) is 53.1 Å². The number of amides is 2. The van der Waals surface area contributed by atoms with Crippen molar-refractivity contribution < 1.29 is 19.4 Å². The van der Waals surface area contributed by atoms with Gasteiger partial charge in [-0.3, -0.25) is 9.59 Å². The van der Waals surface area contributed by atoms with Crippen LogP contribution in [0.1, 0.15) is 12.0 Å². The van der Waals surface area contributed by atoms with Gasteiger partial charge in [-0.2, -0.15) is 5.10 Å². The average molecular weight is 362 g/mol. The molecule has 2 amide bonds. The number of hydrazone groups is 1. The number of rotatable bonds is 6. The number of methoxy groups -OCH3 is 1. The minimum absolute atomic E-state index is 0.0312. The van der Waals surface area contributed by atoms with E-state index in [0.717, 1.165) is 0 Å². The number of nitrogens with one attached hydrogen (secondary N) is 2. The molecule has 0 aliphatic carbocycles. The number of benzene rings is 2. The molecule has 0 saturated carbocycles. The first-order valence-corrected chi connectivity index (χ1v) is 7.60. The van der Waals surface area contributed by atoms with Gasteiger partial charge < -0.3 is 15.2 Å². The molecule has 0 aliphatic rings. The first-order valence-electron chi connectivity index (χ1n) is 7.23. The van der Waals surface area contributed by atoms with Gasteiger partial charge in [0.15, 0.2) is 0 Å². The fourth-order valence-electron chi connectivity index (χ4n) is 1.93. The van der Waals surface area contributed by atoms with Gasteiger partial charge in [-0.05, 0) is 30.3 Å². The Kier molecular flexibility index (Phi) is 6.36. The molecule has 2 aromatic carbocycles. The number of para-hydroxylation sites is 2. The number of aromatic hydroxyl groups is 1. The molecule has 0 heterocycles. The normalized spacial score (nSPS) is 10.5. The molecule has 7 nitrogen and oxygen atoms in total. The molecule has 0 saturated heterocycles. The molecule has 3 N–H and O–H groups in total. The van der Waals surface area contributed by atoms with Crippen LogP contribution in [-0.4, -0.2) is 30.2 Å². The number of anilines is 1. The Bertz CT molecular complexity index is 808. The van der Waals surface area contributed by atoms with E-state index in [9.17, 15) is 14.7 Å². The highest BCUT2D eigenvalue weighted by atomic mass is 35.5. The van der Waals surface area contributed by atoms with Crippen molar-refractivity contribution in [2.24, 2.45) is 5.10 Å². The largest absolute Gasteiger partial charge is 0.507 e. The summed E-state index contributed by atoms with van der Waals surface area (Å²) >= 11 is 5.81. The third kappa shape index (κ3) is 5.50. The number of phenolic OH excluding ortho intramolecular Hbond substituents is 1. The first kappa shape index (κ1) is 18.3. The molecule has 0 aromatic heterocycles. The number of nitrogens with zero attached hydrogens (tertiary/aromatic N) is 1. The van der Waals surface area contributed by atoms with Crippen LogP contribution in [-0.2, 0) is 9.59 Å². The molecular weight excluding hydrogens is 346 g/mol.